The molecular weight excluding hydrogens is 358 g/mol. The van der Waals surface area contributed by atoms with E-state index in [0.717, 1.165) is 35.1 Å². The molecule has 28 heavy (non-hydrogen) atoms. The molecular formula is C21H29N3O4. The van der Waals surface area contributed by atoms with E-state index in [9.17, 15) is 9.59 Å². The number of nitrogens with zero attached hydrogens (tertiary/aromatic N) is 3. The Balaban J connectivity index is 1.89. The summed E-state index contributed by atoms with van der Waals surface area (Å²) < 4.78 is 12.7. The Morgan fingerprint density at radius 2 is 2.11 bits per heavy atom. The molecule has 0 radical (unpaired) electrons. The van der Waals surface area contributed by atoms with E-state index in [2.05, 4.69) is 4.98 Å². The zero-order chi connectivity index (χ0) is 20.5. The molecule has 1 atom stereocenters. The lowest BCUT2D eigenvalue weighted by atomic mass is 9.92. The monoisotopic (exact) mass is 387 g/mol. The average molecular weight is 387 g/mol. The van der Waals surface area contributed by atoms with E-state index in [-0.39, 0.29) is 24.6 Å². The normalized spacial score (nSPS) is 16.5. The number of pyridine rings is 1. The van der Waals surface area contributed by atoms with Crippen molar-refractivity contribution >= 4 is 23.1 Å². The van der Waals surface area contributed by atoms with Crippen LogP contribution in [0.1, 0.15) is 45.4 Å². The molecule has 1 amide bonds. The van der Waals surface area contributed by atoms with Crippen molar-refractivity contribution in [3.05, 3.63) is 29.6 Å². The molecule has 2 heterocycles. The number of rotatable bonds is 4. The summed E-state index contributed by atoms with van der Waals surface area (Å²) in [5, 5.41) is 0. The zero-order valence-corrected chi connectivity index (χ0v) is 17.3. The number of amides is 1. The lowest BCUT2D eigenvalue weighted by molar-refractivity contribution is -0.143. The fourth-order valence-electron chi connectivity index (χ4n) is 3.76. The van der Waals surface area contributed by atoms with Gasteiger partial charge < -0.3 is 18.9 Å². The van der Waals surface area contributed by atoms with Gasteiger partial charge in [-0.25, -0.2) is 4.79 Å². The van der Waals surface area contributed by atoms with Crippen molar-refractivity contribution in [1.82, 2.24) is 14.5 Å². The van der Waals surface area contributed by atoms with Crippen LogP contribution in [0.4, 0.5) is 4.79 Å². The highest BCUT2D eigenvalue weighted by Gasteiger charge is 2.32. The van der Waals surface area contributed by atoms with Crippen LogP contribution in [-0.4, -0.2) is 51.8 Å². The number of esters is 1. The van der Waals surface area contributed by atoms with E-state index in [1.54, 1.807) is 25.1 Å². The maximum Gasteiger partial charge on any atom is 0.410 e. The van der Waals surface area contributed by atoms with Crippen molar-refractivity contribution < 1.29 is 19.1 Å². The SMILES string of the molecule is CCOC(=O)Cn1c2c(c3ncccc31)C[C@H](N(C)C(=O)OC(C)(C)C)CC2. The Bertz CT molecular complexity index is 882. The summed E-state index contributed by atoms with van der Waals surface area (Å²) in [6, 6.07) is 3.89. The highest BCUT2D eigenvalue weighted by Crippen LogP contribution is 2.32. The quantitative estimate of drug-likeness (QED) is 0.753. The molecule has 0 saturated carbocycles. The summed E-state index contributed by atoms with van der Waals surface area (Å²) in [6.07, 6.45) is 3.71. The van der Waals surface area contributed by atoms with Gasteiger partial charge in [0.15, 0.2) is 0 Å². The minimum Gasteiger partial charge on any atom is -0.465 e. The highest BCUT2D eigenvalue weighted by atomic mass is 16.6. The summed E-state index contributed by atoms with van der Waals surface area (Å²) >= 11 is 0. The lowest BCUT2D eigenvalue weighted by Crippen LogP contribution is -2.43. The van der Waals surface area contributed by atoms with Crippen molar-refractivity contribution in [1.29, 1.82) is 0 Å². The van der Waals surface area contributed by atoms with Gasteiger partial charge in [0, 0.05) is 30.5 Å². The van der Waals surface area contributed by atoms with Crippen LogP contribution in [0.2, 0.25) is 0 Å². The second kappa shape index (κ2) is 7.81. The zero-order valence-electron chi connectivity index (χ0n) is 17.3. The van der Waals surface area contributed by atoms with Crippen LogP contribution in [0.25, 0.3) is 11.0 Å². The van der Waals surface area contributed by atoms with Gasteiger partial charge >= 0.3 is 12.1 Å². The van der Waals surface area contributed by atoms with Crippen molar-refractivity contribution in [3.8, 4) is 0 Å². The fourth-order valence-corrected chi connectivity index (χ4v) is 3.76. The maximum absolute atomic E-state index is 12.5. The van der Waals surface area contributed by atoms with Crippen LogP contribution >= 0.6 is 0 Å². The maximum atomic E-state index is 12.5. The first-order valence-corrected chi connectivity index (χ1v) is 9.77. The number of ether oxygens (including phenoxy) is 2. The highest BCUT2D eigenvalue weighted by molar-refractivity contribution is 5.84. The molecule has 0 bridgehead atoms. The molecule has 7 nitrogen and oxygen atoms in total. The summed E-state index contributed by atoms with van der Waals surface area (Å²) in [5.41, 5.74) is 3.51. The van der Waals surface area contributed by atoms with Crippen LogP contribution in [0.15, 0.2) is 18.3 Å². The van der Waals surface area contributed by atoms with Gasteiger partial charge in [-0.3, -0.25) is 9.78 Å². The third-order valence-corrected chi connectivity index (χ3v) is 5.01. The van der Waals surface area contributed by atoms with E-state index < -0.39 is 5.60 Å². The van der Waals surface area contributed by atoms with E-state index >= 15 is 0 Å². The van der Waals surface area contributed by atoms with Crippen molar-refractivity contribution in [2.75, 3.05) is 13.7 Å². The molecule has 0 aliphatic heterocycles. The molecule has 0 unspecified atom stereocenters. The summed E-state index contributed by atoms with van der Waals surface area (Å²) in [4.78, 5) is 30.8. The third-order valence-electron chi connectivity index (χ3n) is 5.01. The number of carbonyl (C=O) groups excluding carboxylic acids is 2. The summed E-state index contributed by atoms with van der Waals surface area (Å²) in [7, 11) is 1.79. The summed E-state index contributed by atoms with van der Waals surface area (Å²) in [5.74, 6) is -0.251. The average Bonchev–Trinajstić information content (AvgIpc) is 2.93. The van der Waals surface area contributed by atoms with E-state index in [1.807, 2.05) is 37.5 Å². The molecule has 3 rings (SSSR count). The smallest absolute Gasteiger partial charge is 0.410 e. The topological polar surface area (TPSA) is 73.7 Å². The van der Waals surface area contributed by atoms with Gasteiger partial charge in [-0.15, -0.1) is 0 Å². The Kier molecular flexibility index (Phi) is 5.63. The van der Waals surface area contributed by atoms with Crippen LogP contribution in [-0.2, 0) is 33.7 Å². The van der Waals surface area contributed by atoms with Gasteiger partial charge in [0.1, 0.15) is 12.1 Å². The van der Waals surface area contributed by atoms with Gasteiger partial charge in [-0.05, 0) is 59.1 Å². The first kappa shape index (κ1) is 20.2. The standard InChI is InChI=1S/C21H29N3O4/c1-6-27-18(25)13-24-16-10-9-14(23(5)20(26)28-21(2,3)4)12-15(16)19-17(24)8-7-11-22-19/h7-8,11,14H,6,9-10,12-13H2,1-5H3/t14-/m1/s1. The number of likely N-dealkylation sites (N-methyl/N-ethyl adjacent to an activating group) is 1. The molecule has 2 aromatic rings. The van der Waals surface area contributed by atoms with Gasteiger partial charge in [-0.1, -0.05) is 0 Å². The van der Waals surface area contributed by atoms with Crippen molar-refractivity contribution in [3.63, 3.8) is 0 Å². The second-order valence-corrected chi connectivity index (χ2v) is 8.18. The number of carbonyl (C=O) groups is 2. The van der Waals surface area contributed by atoms with Crippen LogP contribution in [0.5, 0.6) is 0 Å². The van der Waals surface area contributed by atoms with Gasteiger partial charge in [0.05, 0.1) is 17.6 Å². The molecule has 0 fully saturated rings. The first-order chi connectivity index (χ1) is 13.2. The number of hydrogen-bond donors (Lipinski definition) is 0. The molecule has 0 aromatic carbocycles. The minimum absolute atomic E-state index is 0.0333. The molecule has 0 N–H and O–H groups in total. The molecule has 2 aromatic heterocycles. The Morgan fingerprint density at radius 1 is 1.36 bits per heavy atom. The number of hydrogen-bond acceptors (Lipinski definition) is 5. The number of fused-ring (bicyclic) bond motifs is 3. The van der Waals surface area contributed by atoms with Crippen molar-refractivity contribution in [2.45, 2.75) is 65.1 Å². The Morgan fingerprint density at radius 3 is 2.79 bits per heavy atom. The molecule has 1 aliphatic carbocycles. The summed E-state index contributed by atoms with van der Waals surface area (Å²) in [6.45, 7) is 7.94. The predicted octanol–water partition coefficient (Wildman–Crippen LogP) is 3.32. The molecule has 1 aliphatic rings. The third kappa shape index (κ3) is 4.13. The lowest BCUT2D eigenvalue weighted by Gasteiger charge is -2.33. The van der Waals surface area contributed by atoms with Gasteiger partial charge in [0.2, 0.25) is 0 Å². The fraction of sp³-hybridized carbons (Fsp3) is 0.571. The molecule has 7 heteroatoms. The Hall–Kier alpha value is -2.57. The van der Waals surface area contributed by atoms with E-state index in [1.165, 1.54) is 0 Å². The number of aromatic nitrogens is 2. The van der Waals surface area contributed by atoms with Crippen molar-refractivity contribution in [2.24, 2.45) is 0 Å². The van der Waals surface area contributed by atoms with Crippen LogP contribution in [0.3, 0.4) is 0 Å². The molecule has 0 spiro atoms. The predicted molar refractivity (Wildman–Crippen MR) is 106 cm³/mol. The van der Waals surface area contributed by atoms with Gasteiger partial charge in [0.25, 0.3) is 0 Å². The molecule has 152 valence electrons. The first-order valence-electron chi connectivity index (χ1n) is 9.77. The van der Waals surface area contributed by atoms with E-state index in [0.29, 0.717) is 13.0 Å². The minimum atomic E-state index is -0.525. The van der Waals surface area contributed by atoms with Gasteiger partial charge in [-0.2, -0.15) is 0 Å². The Labute approximate surface area is 165 Å². The van der Waals surface area contributed by atoms with Crippen LogP contribution in [0, 0.1) is 0 Å². The largest absolute Gasteiger partial charge is 0.465 e. The van der Waals surface area contributed by atoms with Crippen LogP contribution < -0.4 is 0 Å². The second-order valence-electron chi connectivity index (χ2n) is 8.18. The van der Waals surface area contributed by atoms with E-state index in [4.69, 9.17) is 9.47 Å². The molecule has 0 saturated heterocycles.